The van der Waals surface area contributed by atoms with E-state index < -0.39 is 24.1 Å². The van der Waals surface area contributed by atoms with Gasteiger partial charge in [0.25, 0.3) is 0 Å². The third kappa shape index (κ3) is 6.10. The SMILES string of the molecule is CC(C)C(=O)[C@H](CCN)NC(=O)[C@@H](NC(=O)[C@H]1CNCC1c1ccccc1)[C@H](C)O. The Bertz CT molecular complexity index is 723. The molecule has 0 aliphatic carbocycles. The Kier molecular flexibility index (Phi) is 8.95. The summed E-state index contributed by atoms with van der Waals surface area (Å²) < 4.78 is 0. The molecule has 6 N–H and O–H groups in total. The molecule has 0 spiro atoms. The van der Waals surface area contributed by atoms with Gasteiger partial charge in [0.15, 0.2) is 5.78 Å². The van der Waals surface area contributed by atoms with Gasteiger partial charge in [-0.3, -0.25) is 14.4 Å². The second-order valence-corrected chi connectivity index (χ2v) is 8.20. The van der Waals surface area contributed by atoms with E-state index in [2.05, 4.69) is 16.0 Å². The maximum Gasteiger partial charge on any atom is 0.245 e. The van der Waals surface area contributed by atoms with Crippen LogP contribution < -0.4 is 21.7 Å². The van der Waals surface area contributed by atoms with E-state index in [1.54, 1.807) is 13.8 Å². The van der Waals surface area contributed by atoms with E-state index in [9.17, 15) is 19.5 Å². The van der Waals surface area contributed by atoms with Crippen LogP contribution in [-0.2, 0) is 14.4 Å². The molecule has 1 aromatic rings. The molecule has 0 saturated carbocycles. The van der Waals surface area contributed by atoms with Gasteiger partial charge in [0.05, 0.1) is 18.1 Å². The van der Waals surface area contributed by atoms with E-state index in [-0.39, 0.29) is 36.0 Å². The fourth-order valence-electron chi connectivity index (χ4n) is 3.79. The number of hydrogen-bond donors (Lipinski definition) is 5. The molecule has 5 atom stereocenters. The molecule has 30 heavy (non-hydrogen) atoms. The maximum atomic E-state index is 13.0. The minimum absolute atomic E-state index is 0.0172. The summed E-state index contributed by atoms with van der Waals surface area (Å²) in [5.74, 6) is -1.67. The van der Waals surface area contributed by atoms with E-state index in [0.29, 0.717) is 19.5 Å². The van der Waals surface area contributed by atoms with E-state index in [0.717, 1.165) is 5.56 Å². The van der Waals surface area contributed by atoms with E-state index in [1.165, 1.54) is 6.92 Å². The quantitative estimate of drug-likeness (QED) is 0.361. The highest BCUT2D eigenvalue weighted by Crippen LogP contribution is 2.28. The highest BCUT2D eigenvalue weighted by molar-refractivity contribution is 5.94. The minimum Gasteiger partial charge on any atom is -0.391 e. The monoisotopic (exact) mass is 418 g/mol. The Morgan fingerprint density at radius 2 is 1.80 bits per heavy atom. The summed E-state index contributed by atoms with van der Waals surface area (Å²) in [5.41, 5.74) is 6.63. The lowest BCUT2D eigenvalue weighted by Crippen LogP contribution is -2.57. The van der Waals surface area contributed by atoms with Gasteiger partial charge in [0.1, 0.15) is 6.04 Å². The number of hydrogen-bond acceptors (Lipinski definition) is 6. The molecule has 166 valence electrons. The molecule has 1 unspecified atom stereocenters. The molecule has 0 radical (unpaired) electrons. The van der Waals surface area contributed by atoms with Crippen molar-refractivity contribution in [3.05, 3.63) is 35.9 Å². The molecule has 8 heteroatoms. The van der Waals surface area contributed by atoms with Crippen LogP contribution in [0.2, 0.25) is 0 Å². The highest BCUT2D eigenvalue weighted by Gasteiger charge is 2.37. The normalized spacial score (nSPS) is 21.7. The zero-order valence-corrected chi connectivity index (χ0v) is 17.9. The van der Waals surface area contributed by atoms with Crippen LogP contribution in [-0.4, -0.2) is 60.5 Å². The first-order valence-corrected chi connectivity index (χ1v) is 10.5. The van der Waals surface area contributed by atoms with Crippen molar-refractivity contribution in [1.82, 2.24) is 16.0 Å². The van der Waals surface area contributed by atoms with Crippen molar-refractivity contribution in [3.8, 4) is 0 Å². The van der Waals surface area contributed by atoms with Crippen molar-refractivity contribution in [2.45, 2.75) is 51.3 Å². The number of nitrogens with two attached hydrogens (primary N) is 1. The molecule has 0 aromatic heterocycles. The van der Waals surface area contributed by atoms with Crippen LogP contribution in [0.4, 0.5) is 0 Å². The number of nitrogens with one attached hydrogen (secondary N) is 3. The van der Waals surface area contributed by atoms with Crippen molar-refractivity contribution < 1.29 is 19.5 Å². The molecule has 0 bridgehead atoms. The van der Waals surface area contributed by atoms with Gasteiger partial charge in [-0.1, -0.05) is 44.2 Å². The maximum absolute atomic E-state index is 13.0. The minimum atomic E-state index is -1.16. The molecule has 2 amide bonds. The predicted octanol–water partition coefficient (Wildman–Crippen LogP) is -0.0861. The Labute approximate surface area is 178 Å². The van der Waals surface area contributed by atoms with Crippen molar-refractivity contribution in [2.24, 2.45) is 17.6 Å². The van der Waals surface area contributed by atoms with Crippen molar-refractivity contribution in [1.29, 1.82) is 0 Å². The number of amides is 2. The van der Waals surface area contributed by atoms with Gasteiger partial charge >= 0.3 is 0 Å². The third-order valence-corrected chi connectivity index (χ3v) is 5.53. The van der Waals surface area contributed by atoms with Gasteiger partial charge in [-0.15, -0.1) is 0 Å². The Hall–Kier alpha value is -2.29. The Balaban J connectivity index is 2.09. The Morgan fingerprint density at radius 3 is 2.37 bits per heavy atom. The summed E-state index contributed by atoms with van der Waals surface area (Å²) in [6.45, 7) is 6.33. The Morgan fingerprint density at radius 1 is 1.13 bits per heavy atom. The second-order valence-electron chi connectivity index (χ2n) is 8.20. The van der Waals surface area contributed by atoms with Crippen LogP contribution in [0.3, 0.4) is 0 Å². The fourth-order valence-corrected chi connectivity index (χ4v) is 3.79. The number of rotatable bonds is 10. The van der Waals surface area contributed by atoms with Gasteiger partial charge in [-0.05, 0) is 25.5 Å². The first-order chi connectivity index (χ1) is 14.3. The van der Waals surface area contributed by atoms with Crippen molar-refractivity contribution in [2.75, 3.05) is 19.6 Å². The number of benzene rings is 1. The molecular weight excluding hydrogens is 384 g/mol. The van der Waals surface area contributed by atoms with E-state index >= 15 is 0 Å². The topological polar surface area (TPSA) is 134 Å². The van der Waals surface area contributed by atoms with E-state index in [1.807, 2.05) is 30.3 Å². The molecule has 1 aliphatic heterocycles. The zero-order valence-electron chi connectivity index (χ0n) is 17.9. The summed E-state index contributed by atoms with van der Waals surface area (Å²) in [4.78, 5) is 38.1. The van der Waals surface area contributed by atoms with Crippen LogP contribution in [0.25, 0.3) is 0 Å². The summed E-state index contributed by atoms with van der Waals surface area (Å²) in [6, 6.07) is 7.83. The summed E-state index contributed by atoms with van der Waals surface area (Å²) >= 11 is 0. The first-order valence-electron chi connectivity index (χ1n) is 10.5. The number of carbonyl (C=O) groups is 3. The lowest BCUT2D eigenvalue weighted by atomic mass is 9.88. The average Bonchev–Trinajstić information content (AvgIpc) is 3.21. The smallest absolute Gasteiger partial charge is 0.245 e. The van der Waals surface area contributed by atoms with Gasteiger partial charge in [-0.2, -0.15) is 0 Å². The standard InChI is InChI=1S/C22H34N4O4/c1-13(2)20(28)18(9-10-23)25-22(30)19(14(3)27)26-21(29)17-12-24-11-16(17)15-7-5-4-6-8-15/h4-8,13-14,16-19,24,27H,9-12,23H2,1-3H3,(H,25,30)(H,26,29)/t14-,16?,17-,18-,19-/m0/s1. The lowest BCUT2D eigenvalue weighted by molar-refractivity contribution is -0.135. The van der Waals surface area contributed by atoms with Gasteiger partial charge < -0.3 is 26.8 Å². The number of Topliss-reactive ketones (excluding diaryl/α,β-unsaturated/α-hetero) is 1. The second kappa shape index (κ2) is 11.2. The lowest BCUT2D eigenvalue weighted by Gasteiger charge is -2.27. The average molecular weight is 419 g/mol. The largest absolute Gasteiger partial charge is 0.391 e. The van der Waals surface area contributed by atoms with Crippen LogP contribution in [0.5, 0.6) is 0 Å². The van der Waals surface area contributed by atoms with Crippen molar-refractivity contribution >= 4 is 17.6 Å². The number of aliphatic hydroxyl groups excluding tert-OH is 1. The molecule has 1 aliphatic rings. The molecule has 1 saturated heterocycles. The van der Waals surface area contributed by atoms with Crippen LogP contribution >= 0.6 is 0 Å². The number of carbonyl (C=O) groups excluding carboxylic acids is 3. The summed E-state index contributed by atoms with van der Waals surface area (Å²) in [5, 5.41) is 18.7. The molecule has 1 aromatic carbocycles. The first kappa shape index (κ1) is 24.0. The number of aliphatic hydroxyl groups is 1. The van der Waals surface area contributed by atoms with Crippen LogP contribution in [0.1, 0.15) is 38.7 Å². The molecular formula is C22H34N4O4. The predicted molar refractivity (Wildman–Crippen MR) is 115 cm³/mol. The van der Waals surface area contributed by atoms with Crippen molar-refractivity contribution in [3.63, 3.8) is 0 Å². The molecule has 2 rings (SSSR count). The fraction of sp³-hybridized carbons (Fsp3) is 0.591. The van der Waals surface area contributed by atoms with Gasteiger partial charge in [-0.25, -0.2) is 0 Å². The molecule has 1 fully saturated rings. The van der Waals surface area contributed by atoms with Crippen LogP contribution in [0, 0.1) is 11.8 Å². The van der Waals surface area contributed by atoms with E-state index in [4.69, 9.17) is 5.73 Å². The van der Waals surface area contributed by atoms with Gasteiger partial charge in [0.2, 0.25) is 11.8 Å². The van der Waals surface area contributed by atoms with Crippen LogP contribution in [0.15, 0.2) is 30.3 Å². The third-order valence-electron chi connectivity index (χ3n) is 5.53. The molecule has 8 nitrogen and oxygen atoms in total. The zero-order chi connectivity index (χ0) is 22.3. The number of ketones is 1. The highest BCUT2D eigenvalue weighted by atomic mass is 16.3. The van der Waals surface area contributed by atoms with Gasteiger partial charge in [0, 0.05) is 24.9 Å². The summed E-state index contributed by atoms with van der Waals surface area (Å²) in [6.07, 6.45) is -0.822. The molecule has 1 heterocycles. The summed E-state index contributed by atoms with van der Waals surface area (Å²) in [7, 11) is 0.